The van der Waals surface area contributed by atoms with Crippen LogP contribution < -0.4 is 0 Å². The highest BCUT2D eigenvalue weighted by molar-refractivity contribution is 5.79. The van der Waals surface area contributed by atoms with Gasteiger partial charge in [-0.25, -0.2) is 0 Å². The van der Waals surface area contributed by atoms with Crippen molar-refractivity contribution in [3.8, 4) is 0 Å². The summed E-state index contributed by atoms with van der Waals surface area (Å²) in [6, 6.07) is 2.36. The molecule has 0 saturated heterocycles. The van der Waals surface area contributed by atoms with Crippen LogP contribution in [0, 0.1) is 0 Å². The fourth-order valence-electron chi connectivity index (χ4n) is 2.41. The summed E-state index contributed by atoms with van der Waals surface area (Å²) in [5, 5.41) is 15.0. The molecule has 1 atom stereocenters. The van der Waals surface area contributed by atoms with Crippen LogP contribution in [0.1, 0.15) is 57.7 Å². The smallest absolute Gasteiger partial charge is 0.133 e. The second kappa shape index (κ2) is 5.22. The molecular formula is C14H22N2O2. The van der Waals surface area contributed by atoms with E-state index >= 15 is 0 Å². The number of aliphatic hydroxyl groups is 1. The molecule has 1 unspecified atom stereocenters. The predicted octanol–water partition coefficient (Wildman–Crippen LogP) is 2.27. The van der Waals surface area contributed by atoms with E-state index in [1.165, 1.54) is 0 Å². The number of carbonyl (C=O) groups is 1. The molecule has 1 N–H and O–H groups in total. The quantitative estimate of drug-likeness (QED) is 0.892. The molecule has 4 heteroatoms. The van der Waals surface area contributed by atoms with Gasteiger partial charge in [0.15, 0.2) is 0 Å². The lowest BCUT2D eigenvalue weighted by atomic mass is 9.81. The van der Waals surface area contributed by atoms with Crippen molar-refractivity contribution >= 4 is 5.78 Å². The Morgan fingerprint density at radius 3 is 2.78 bits per heavy atom. The number of carbonyl (C=O) groups excluding carboxylic acids is 1. The minimum absolute atomic E-state index is 0.268. The highest BCUT2D eigenvalue weighted by atomic mass is 16.3. The predicted molar refractivity (Wildman–Crippen MR) is 69.4 cm³/mol. The Labute approximate surface area is 108 Å². The summed E-state index contributed by atoms with van der Waals surface area (Å²) in [6.07, 6.45) is 5.72. The summed E-state index contributed by atoms with van der Waals surface area (Å²) in [5.41, 5.74) is 0.190. The van der Waals surface area contributed by atoms with Crippen LogP contribution in [0.15, 0.2) is 12.3 Å². The molecule has 100 valence electrons. The SMILES string of the molecule is CCC(C)n1ccc(CC2(O)CCC(=O)CC2)n1. The van der Waals surface area contributed by atoms with Gasteiger partial charge in [-0.1, -0.05) is 6.92 Å². The fourth-order valence-corrected chi connectivity index (χ4v) is 2.41. The number of rotatable bonds is 4. The van der Waals surface area contributed by atoms with Crippen molar-refractivity contribution in [1.29, 1.82) is 0 Å². The minimum Gasteiger partial charge on any atom is -0.389 e. The van der Waals surface area contributed by atoms with E-state index in [2.05, 4.69) is 18.9 Å². The zero-order chi connectivity index (χ0) is 13.2. The van der Waals surface area contributed by atoms with Crippen molar-refractivity contribution in [1.82, 2.24) is 9.78 Å². The first-order valence-corrected chi connectivity index (χ1v) is 6.80. The summed E-state index contributed by atoms with van der Waals surface area (Å²) in [5.74, 6) is 0.268. The van der Waals surface area contributed by atoms with Crippen molar-refractivity contribution in [3.05, 3.63) is 18.0 Å². The van der Waals surface area contributed by atoms with Crippen LogP contribution in [-0.2, 0) is 11.2 Å². The fraction of sp³-hybridized carbons (Fsp3) is 0.714. The minimum atomic E-state index is -0.734. The Balaban J connectivity index is 2.00. The third kappa shape index (κ3) is 2.99. The van der Waals surface area contributed by atoms with Crippen LogP contribution in [-0.4, -0.2) is 26.3 Å². The van der Waals surface area contributed by atoms with Crippen molar-refractivity contribution in [2.24, 2.45) is 0 Å². The standard InChI is InChI=1S/C14H22N2O2/c1-3-11(2)16-9-6-12(15-16)10-14(18)7-4-13(17)5-8-14/h6,9,11,18H,3-5,7-8,10H2,1-2H3. The van der Waals surface area contributed by atoms with Crippen molar-refractivity contribution in [2.75, 3.05) is 0 Å². The van der Waals surface area contributed by atoms with Crippen LogP contribution in [0.4, 0.5) is 0 Å². The van der Waals surface area contributed by atoms with E-state index in [0.29, 0.717) is 38.1 Å². The molecule has 1 saturated carbocycles. The van der Waals surface area contributed by atoms with E-state index in [1.807, 2.05) is 16.9 Å². The molecule has 1 aliphatic carbocycles. The van der Waals surface area contributed by atoms with Crippen molar-refractivity contribution < 1.29 is 9.90 Å². The summed E-state index contributed by atoms with van der Waals surface area (Å²) in [4.78, 5) is 11.2. The highest BCUT2D eigenvalue weighted by Crippen LogP contribution is 2.29. The van der Waals surface area contributed by atoms with Gasteiger partial charge in [-0.05, 0) is 32.3 Å². The second-order valence-electron chi connectivity index (χ2n) is 5.48. The zero-order valence-corrected chi connectivity index (χ0v) is 11.2. The summed E-state index contributed by atoms with van der Waals surface area (Å²) < 4.78 is 1.95. The summed E-state index contributed by atoms with van der Waals surface area (Å²) in [7, 11) is 0. The molecule has 2 rings (SSSR count). The molecule has 0 amide bonds. The number of aromatic nitrogens is 2. The average molecular weight is 250 g/mol. The zero-order valence-electron chi connectivity index (χ0n) is 11.2. The molecule has 0 bridgehead atoms. The van der Waals surface area contributed by atoms with Crippen molar-refractivity contribution in [3.63, 3.8) is 0 Å². The van der Waals surface area contributed by atoms with Gasteiger partial charge in [0.2, 0.25) is 0 Å². The lowest BCUT2D eigenvalue weighted by Gasteiger charge is -2.30. The first-order valence-electron chi connectivity index (χ1n) is 6.80. The molecule has 0 spiro atoms. The molecule has 1 aromatic heterocycles. The molecule has 1 fully saturated rings. The molecule has 1 heterocycles. The number of nitrogens with zero attached hydrogens (tertiary/aromatic N) is 2. The van der Waals surface area contributed by atoms with Gasteiger partial charge in [-0.2, -0.15) is 5.10 Å². The normalized spacial score (nSPS) is 20.9. The van der Waals surface area contributed by atoms with Gasteiger partial charge >= 0.3 is 0 Å². The van der Waals surface area contributed by atoms with Crippen LogP contribution in [0.5, 0.6) is 0 Å². The van der Waals surface area contributed by atoms with E-state index in [-0.39, 0.29) is 5.78 Å². The first-order chi connectivity index (χ1) is 8.52. The molecule has 4 nitrogen and oxygen atoms in total. The van der Waals surface area contributed by atoms with E-state index in [9.17, 15) is 9.90 Å². The van der Waals surface area contributed by atoms with Gasteiger partial charge in [-0.3, -0.25) is 9.48 Å². The monoisotopic (exact) mass is 250 g/mol. The van der Waals surface area contributed by atoms with Crippen LogP contribution in [0.2, 0.25) is 0 Å². The Morgan fingerprint density at radius 1 is 1.50 bits per heavy atom. The molecular weight excluding hydrogens is 228 g/mol. The van der Waals surface area contributed by atoms with Crippen LogP contribution >= 0.6 is 0 Å². The third-order valence-electron chi connectivity index (χ3n) is 3.95. The van der Waals surface area contributed by atoms with Gasteiger partial charge in [0, 0.05) is 31.5 Å². The molecule has 0 radical (unpaired) electrons. The number of Topliss-reactive ketones (excluding diaryl/α,β-unsaturated/α-hetero) is 1. The maximum absolute atomic E-state index is 11.2. The van der Waals surface area contributed by atoms with Gasteiger partial charge in [0.05, 0.1) is 11.3 Å². The first kappa shape index (κ1) is 13.3. The van der Waals surface area contributed by atoms with Crippen molar-refractivity contribution in [2.45, 2.75) is 64.0 Å². The maximum atomic E-state index is 11.2. The van der Waals surface area contributed by atoms with Gasteiger partial charge < -0.3 is 5.11 Å². The van der Waals surface area contributed by atoms with E-state index in [4.69, 9.17) is 0 Å². The average Bonchev–Trinajstić information content (AvgIpc) is 2.80. The summed E-state index contributed by atoms with van der Waals surface area (Å²) in [6.45, 7) is 4.26. The molecule has 18 heavy (non-hydrogen) atoms. The van der Waals surface area contributed by atoms with Gasteiger partial charge in [-0.15, -0.1) is 0 Å². The second-order valence-corrected chi connectivity index (χ2v) is 5.48. The largest absolute Gasteiger partial charge is 0.389 e. The summed E-state index contributed by atoms with van der Waals surface area (Å²) >= 11 is 0. The Bertz CT molecular complexity index is 415. The van der Waals surface area contributed by atoms with Gasteiger partial charge in [0.1, 0.15) is 5.78 Å². The van der Waals surface area contributed by atoms with E-state index < -0.39 is 5.60 Å². The Morgan fingerprint density at radius 2 is 2.17 bits per heavy atom. The number of ketones is 1. The number of hydrogen-bond donors (Lipinski definition) is 1. The molecule has 0 aliphatic heterocycles. The van der Waals surface area contributed by atoms with Crippen LogP contribution in [0.3, 0.4) is 0 Å². The highest BCUT2D eigenvalue weighted by Gasteiger charge is 2.33. The maximum Gasteiger partial charge on any atom is 0.133 e. The Hall–Kier alpha value is -1.16. The lowest BCUT2D eigenvalue weighted by molar-refractivity contribution is -0.125. The topological polar surface area (TPSA) is 55.1 Å². The lowest BCUT2D eigenvalue weighted by Crippen LogP contribution is -2.36. The number of hydrogen-bond acceptors (Lipinski definition) is 3. The van der Waals surface area contributed by atoms with E-state index in [0.717, 1.165) is 12.1 Å². The van der Waals surface area contributed by atoms with E-state index in [1.54, 1.807) is 0 Å². The Kier molecular flexibility index (Phi) is 3.85. The van der Waals surface area contributed by atoms with Gasteiger partial charge in [0.25, 0.3) is 0 Å². The molecule has 1 aromatic rings. The third-order valence-corrected chi connectivity index (χ3v) is 3.95. The molecule has 1 aliphatic rings. The van der Waals surface area contributed by atoms with Crippen LogP contribution in [0.25, 0.3) is 0 Å². The molecule has 0 aromatic carbocycles.